The fraction of sp³-hybridized carbons (Fsp3) is 0.712. The van der Waals surface area contributed by atoms with E-state index in [0.717, 1.165) is 0 Å². The number of carbonyl (C=O) groups excluding carboxylic acids is 8. The molecule has 2 saturated heterocycles. The average Bonchev–Trinajstić information content (AvgIpc) is 3.93. The molecule has 22 nitrogen and oxygen atoms in total. The van der Waals surface area contributed by atoms with Gasteiger partial charge in [-0.05, 0) is 94.5 Å². The second-order valence-corrected chi connectivity index (χ2v) is 23.3. The Balaban J connectivity index is 1.56. The van der Waals surface area contributed by atoms with Crippen molar-refractivity contribution in [3.8, 4) is 0 Å². The summed E-state index contributed by atoms with van der Waals surface area (Å²) >= 11 is 0. The molecule has 1 aromatic carbocycles. The number of nitrogens with zero attached hydrogens (tertiary/aromatic N) is 4. The Kier molecular flexibility index (Phi) is 28.9. The van der Waals surface area contributed by atoms with Crippen molar-refractivity contribution in [2.75, 3.05) is 60.3 Å². The van der Waals surface area contributed by atoms with Gasteiger partial charge in [0.05, 0.1) is 55.2 Å². The van der Waals surface area contributed by atoms with E-state index in [9.17, 15) is 48.3 Å². The first-order valence-corrected chi connectivity index (χ1v) is 28.8. The van der Waals surface area contributed by atoms with Crippen molar-refractivity contribution in [3.05, 3.63) is 42.0 Å². The maximum atomic E-state index is 14.4. The second kappa shape index (κ2) is 33.8. The summed E-state index contributed by atoms with van der Waals surface area (Å²) in [6, 6.07) is 3.10. The third kappa shape index (κ3) is 21.4. The van der Waals surface area contributed by atoms with Gasteiger partial charge in [0.1, 0.15) is 12.1 Å². The lowest BCUT2D eigenvalue weighted by atomic mass is 9.89. The summed E-state index contributed by atoms with van der Waals surface area (Å²) in [7, 11) is 8.47. The molecule has 2 aliphatic rings. The summed E-state index contributed by atoms with van der Waals surface area (Å²) in [5.41, 5.74) is 3.53. The lowest BCUT2D eigenvalue weighted by Crippen LogP contribution is -2.59. The van der Waals surface area contributed by atoms with E-state index in [2.05, 4.69) is 26.7 Å². The van der Waals surface area contributed by atoms with Crippen LogP contribution in [-0.2, 0) is 64.1 Å². The number of amides is 8. The second-order valence-electron chi connectivity index (χ2n) is 23.3. The number of hydrogen-bond acceptors (Lipinski definition) is 13. The highest BCUT2D eigenvalue weighted by Crippen LogP contribution is 2.30. The maximum Gasteiger partial charge on any atom is 0.306 e. The number of likely N-dealkylation sites (tertiary alicyclic amines) is 2. The van der Waals surface area contributed by atoms with Crippen molar-refractivity contribution in [2.45, 2.75) is 182 Å². The number of piperidine rings is 1. The first-order valence-electron chi connectivity index (χ1n) is 28.8. The molecule has 0 saturated carbocycles. The Labute approximate surface area is 480 Å². The van der Waals surface area contributed by atoms with Crippen LogP contribution >= 0.6 is 0 Å². The highest BCUT2D eigenvalue weighted by atomic mass is 16.6. The van der Waals surface area contributed by atoms with Gasteiger partial charge in [0, 0.05) is 71.5 Å². The molecular formula is C59H97N9O13. The van der Waals surface area contributed by atoms with Crippen LogP contribution in [0.2, 0.25) is 0 Å². The van der Waals surface area contributed by atoms with Gasteiger partial charge in [0.2, 0.25) is 41.4 Å². The van der Waals surface area contributed by atoms with E-state index in [-0.39, 0.29) is 79.1 Å². The lowest BCUT2D eigenvalue weighted by Gasteiger charge is -2.41. The molecule has 1 aromatic rings. The standard InChI is InChI=1S/C59H97N9O13/c1-16-38(8)53(66(13)58(76)51(36(4)5)63-57(75)52(37(6)7)65(11)12)46(79-14)33-50(72)68-29-17-18-45(68)54(80-15)39(9)55(73)62-44(32-35(2)3)23-24-48(70)64-81-34-41-19-21-43(22-20-41)61-56(74)40(10)60-47(69)25-26-49(71)67-30-27-42(28-31-67)59(77)78/h19-24,35-40,42,44-46,51-54H,16-18,25-34H2,1-15H3,(H,60,69)(H,61,74)(H,62,73)(H,63,75)(H,64,70)(H,77,78)/b24-23+/t38-,39+,40+,44+,45-,46+,51-,52?,53-,54+/m0/s1. The number of hydroxylamine groups is 1. The van der Waals surface area contributed by atoms with Crippen LogP contribution in [0.4, 0.5) is 5.69 Å². The number of carbonyl (C=O) groups is 9. The predicted octanol–water partition coefficient (Wildman–Crippen LogP) is 4.52. The zero-order valence-electron chi connectivity index (χ0n) is 50.9. The Morgan fingerprint density at radius 1 is 0.765 bits per heavy atom. The molecule has 456 valence electrons. The number of ether oxygens (including phenoxy) is 2. The largest absolute Gasteiger partial charge is 0.481 e. The number of likely N-dealkylation sites (N-methyl/N-ethyl adjacent to an activating group) is 2. The molecule has 0 aliphatic carbocycles. The number of aliphatic carboxylic acids is 1. The molecule has 0 aromatic heterocycles. The third-order valence-electron chi connectivity index (χ3n) is 15.6. The first kappa shape index (κ1) is 69.3. The summed E-state index contributed by atoms with van der Waals surface area (Å²) in [4.78, 5) is 131. The number of carboxylic acid groups (broad SMARTS) is 1. The molecule has 0 radical (unpaired) electrons. The summed E-state index contributed by atoms with van der Waals surface area (Å²) in [5, 5.41) is 20.6. The summed E-state index contributed by atoms with van der Waals surface area (Å²) in [6.07, 6.45) is 4.64. The van der Waals surface area contributed by atoms with Crippen LogP contribution in [0.3, 0.4) is 0 Å². The van der Waals surface area contributed by atoms with Crippen LogP contribution in [0.5, 0.6) is 0 Å². The van der Waals surface area contributed by atoms with Crippen molar-refractivity contribution >= 4 is 58.9 Å². The molecule has 81 heavy (non-hydrogen) atoms. The first-order chi connectivity index (χ1) is 38.1. The van der Waals surface area contributed by atoms with Crippen LogP contribution < -0.4 is 26.7 Å². The molecule has 3 rings (SSSR count). The zero-order valence-corrected chi connectivity index (χ0v) is 50.9. The van der Waals surface area contributed by atoms with Gasteiger partial charge >= 0.3 is 5.97 Å². The zero-order chi connectivity index (χ0) is 60.8. The predicted molar refractivity (Wildman–Crippen MR) is 308 cm³/mol. The van der Waals surface area contributed by atoms with Gasteiger partial charge in [-0.1, -0.05) is 86.9 Å². The van der Waals surface area contributed by atoms with Gasteiger partial charge in [0.15, 0.2) is 0 Å². The van der Waals surface area contributed by atoms with Gasteiger partial charge < -0.3 is 50.5 Å². The minimum atomic E-state index is -0.895. The maximum absolute atomic E-state index is 14.4. The molecule has 10 atom stereocenters. The van der Waals surface area contributed by atoms with Gasteiger partial charge in [-0.15, -0.1) is 0 Å². The number of anilines is 1. The van der Waals surface area contributed by atoms with E-state index in [1.54, 1.807) is 66.1 Å². The topological polar surface area (TPSA) is 275 Å². The highest BCUT2D eigenvalue weighted by molar-refractivity contribution is 5.97. The number of hydrogen-bond donors (Lipinski definition) is 6. The normalized spacial score (nSPS) is 18.4. The van der Waals surface area contributed by atoms with E-state index < -0.39 is 84.0 Å². The quantitative estimate of drug-likeness (QED) is 0.0428. The van der Waals surface area contributed by atoms with Gasteiger partial charge in [-0.25, -0.2) is 5.48 Å². The minimum Gasteiger partial charge on any atom is -0.481 e. The molecular weight excluding hydrogens is 1040 g/mol. The highest BCUT2D eigenvalue weighted by Gasteiger charge is 2.43. The molecule has 2 heterocycles. The van der Waals surface area contributed by atoms with Gasteiger partial charge in [0.25, 0.3) is 5.91 Å². The van der Waals surface area contributed by atoms with E-state index in [1.165, 1.54) is 20.1 Å². The van der Waals surface area contributed by atoms with Crippen molar-refractivity contribution in [1.82, 2.24) is 41.0 Å². The molecule has 6 N–H and O–H groups in total. The summed E-state index contributed by atoms with van der Waals surface area (Å²) < 4.78 is 12.1. The van der Waals surface area contributed by atoms with E-state index in [1.807, 2.05) is 74.4 Å². The average molecular weight is 1140 g/mol. The van der Waals surface area contributed by atoms with Gasteiger partial charge in [-0.3, -0.25) is 52.9 Å². The molecule has 8 amide bonds. The smallest absolute Gasteiger partial charge is 0.306 e. The summed E-state index contributed by atoms with van der Waals surface area (Å²) in [6.45, 7) is 20.2. The van der Waals surface area contributed by atoms with E-state index >= 15 is 0 Å². The fourth-order valence-corrected chi connectivity index (χ4v) is 10.9. The molecule has 0 bridgehead atoms. The number of carboxylic acids is 1. The molecule has 2 aliphatic heterocycles. The molecule has 22 heteroatoms. The Hall–Kier alpha value is -5.97. The monoisotopic (exact) mass is 1140 g/mol. The van der Waals surface area contributed by atoms with Crippen LogP contribution in [0.15, 0.2) is 36.4 Å². The third-order valence-corrected chi connectivity index (χ3v) is 15.6. The number of benzene rings is 1. The molecule has 0 spiro atoms. The van der Waals surface area contributed by atoms with Crippen LogP contribution in [0, 0.1) is 35.5 Å². The number of nitrogens with one attached hydrogen (secondary N) is 5. The van der Waals surface area contributed by atoms with Crippen molar-refractivity contribution < 1.29 is 62.6 Å². The van der Waals surface area contributed by atoms with Crippen molar-refractivity contribution in [2.24, 2.45) is 35.5 Å². The van der Waals surface area contributed by atoms with Gasteiger partial charge in [-0.2, -0.15) is 0 Å². The lowest BCUT2D eigenvalue weighted by molar-refractivity contribution is -0.148. The Morgan fingerprint density at radius 2 is 1.41 bits per heavy atom. The van der Waals surface area contributed by atoms with E-state index in [0.29, 0.717) is 69.4 Å². The van der Waals surface area contributed by atoms with Crippen molar-refractivity contribution in [3.63, 3.8) is 0 Å². The van der Waals surface area contributed by atoms with E-state index in [4.69, 9.17) is 14.3 Å². The minimum absolute atomic E-state index is 0.00325. The Morgan fingerprint density at radius 3 is 1.95 bits per heavy atom. The van der Waals surface area contributed by atoms with Crippen LogP contribution in [0.1, 0.15) is 133 Å². The number of methoxy groups -OCH3 is 2. The molecule has 2 fully saturated rings. The van der Waals surface area contributed by atoms with Crippen LogP contribution in [0.25, 0.3) is 0 Å². The Bertz CT molecular complexity index is 2260. The number of rotatable bonds is 32. The fourth-order valence-electron chi connectivity index (χ4n) is 10.9. The SMILES string of the molecule is CC[C@H](C)[C@@H]([C@@H](CC(=O)N1CCC[C@H]1[C@H](OC)[C@@H](C)C(=O)N[C@H](/C=C/C(=O)NOCc1ccc(NC(=O)[C@@H](C)NC(=O)CCC(=O)N2CCC(C(=O)O)CC2)cc1)CC(C)C)OC)N(C)C(=O)[C@@H](NC(=O)C(C(C)C)N(C)C)C(C)C. The van der Waals surface area contributed by atoms with Crippen molar-refractivity contribution in [1.29, 1.82) is 0 Å². The molecule has 1 unspecified atom stereocenters. The summed E-state index contributed by atoms with van der Waals surface area (Å²) in [5.74, 6) is -4.88. The van der Waals surface area contributed by atoms with Crippen LogP contribution in [-0.4, -0.2) is 181 Å².